The Balaban J connectivity index is 2.55. The van der Waals surface area contributed by atoms with Gasteiger partial charge in [-0.25, -0.2) is 0 Å². The Kier molecular flexibility index (Phi) is 3.16. The highest BCUT2D eigenvalue weighted by atomic mass is 19.4. The Morgan fingerprint density at radius 1 is 1.32 bits per heavy atom. The summed E-state index contributed by atoms with van der Waals surface area (Å²) in [6, 6.07) is 3.33. The van der Waals surface area contributed by atoms with E-state index in [9.17, 15) is 18.0 Å². The van der Waals surface area contributed by atoms with Crippen molar-refractivity contribution in [3.8, 4) is 5.75 Å². The number of benzene rings is 1. The summed E-state index contributed by atoms with van der Waals surface area (Å²) in [6.45, 7) is 3.55. The molecule has 5 heteroatoms. The van der Waals surface area contributed by atoms with Gasteiger partial charge in [0.25, 0.3) is 0 Å². The van der Waals surface area contributed by atoms with Crippen LogP contribution in [0.2, 0.25) is 0 Å². The zero-order chi connectivity index (χ0) is 14.3. The van der Waals surface area contributed by atoms with Crippen molar-refractivity contribution in [2.24, 2.45) is 0 Å². The van der Waals surface area contributed by atoms with E-state index in [-0.39, 0.29) is 5.75 Å². The third-order valence-electron chi connectivity index (χ3n) is 2.93. The van der Waals surface area contributed by atoms with Crippen LogP contribution in [0.25, 0.3) is 5.57 Å². The molecule has 102 valence electrons. The fourth-order valence-electron chi connectivity index (χ4n) is 2.17. The number of carbonyl (C=O) groups is 1. The monoisotopic (exact) mass is 270 g/mol. The van der Waals surface area contributed by atoms with Crippen molar-refractivity contribution in [3.63, 3.8) is 0 Å². The van der Waals surface area contributed by atoms with Crippen LogP contribution in [0.1, 0.15) is 31.4 Å². The van der Waals surface area contributed by atoms with Gasteiger partial charge >= 0.3 is 6.18 Å². The minimum absolute atomic E-state index is 0.166. The predicted molar refractivity (Wildman–Crippen MR) is 64.8 cm³/mol. The van der Waals surface area contributed by atoms with Gasteiger partial charge in [0, 0.05) is 12.0 Å². The first-order chi connectivity index (χ1) is 8.73. The molecule has 0 aromatic heterocycles. The lowest BCUT2D eigenvalue weighted by molar-refractivity contribution is -0.137. The van der Waals surface area contributed by atoms with E-state index in [2.05, 4.69) is 0 Å². The molecule has 0 spiro atoms. The van der Waals surface area contributed by atoms with E-state index in [1.807, 2.05) is 0 Å². The number of ether oxygens (including phenoxy) is 1. The lowest BCUT2D eigenvalue weighted by atomic mass is 9.88. The summed E-state index contributed by atoms with van der Waals surface area (Å²) < 4.78 is 43.6. The summed E-state index contributed by atoms with van der Waals surface area (Å²) >= 11 is 0. The molecule has 0 atom stereocenters. The van der Waals surface area contributed by atoms with Crippen molar-refractivity contribution in [3.05, 3.63) is 35.4 Å². The fourth-order valence-corrected chi connectivity index (χ4v) is 2.17. The van der Waals surface area contributed by atoms with Crippen molar-refractivity contribution in [1.29, 1.82) is 0 Å². The van der Waals surface area contributed by atoms with Crippen LogP contribution < -0.4 is 4.74 Å². The van der Waals surface area contributed by atoms with E-state index >= 15 is 0 Å². The lowest BCUT2D eigenvalue weighted by Crippen LogP contribution is -2.32. The molecule has 1 aliphatic heterocycles. The van der Waals surface area contributed by atoms with Crippen molar-refractivity contribution in [1.82, 2.24) is 0 Å². The first-order valence-corrected chi connectivity index (χ1v) is 5.78. The van der Waals surface area contributed by atoms with Gasteiger partial charge in [0.1, 0.15) is 17.6 Å². The first kappa shape index (κ1) is 13.6. The standard InChI is InChI=1S/C14H13F3O2/c1-13(2)8-9(5-6-18)11-4-3-10(14(15,16)17)7-12(11)19-13/h3-7H,8H2,1-2H3/b9-5+. The van der Waals surface area contributed by atoms with Gasteiger partial charge in [-0.2, -0.15) is 13.2 Å². The number of carbonyl (C=O) groups excluding carboxylic acids is 1. The second kappa shape index (κ2) is 4.40. The van der Waals surface area contributed by atoms with Gasteiger partial charge in [-0.3, -0.25) is 4.79 Å². The van der Waals surface area contributed by atoms with Gasteiger partial charge in [-0.05, 0) is 37.6 Å². The molecule has 2 nitrogen and oxygen atoms in total. The molecule has 0 bridgehead atoms. The fraction of sp³-hybridized carbons (Fsp3) is 0.357. The maximum Gasteiger partial charge on any atom is 0.416 e. The van der Waals surface area contributed by atoms with Crippen LogP contribution in [-0.2, 0) is 11.0 Å². The van der Waals surface area contributed by atoms with Gasteiger partial charge in [0.15, 0.2) is 0 Å². The first-order valence-electron chi connectivity index (χ1n) is 5.78. The molecule has 0 aliphatic carbocycles. The van der Waals surface area contributed by atoms with Crippen molar-refractivity contribution in [2.75, 3.05) is 0 Å². The van der Waals surface area contributed by atoms with Crippen LogP contribution in [-0.4, -0.2) is 11.9 Å². The summed E-state index contributed by atoms with van der Waals surface area (Å²) in [6.07, 6.45) is -1.92. The molecule has 0 saturated carbocycles. The summed E-state index contributed by atoms with van der Waals surface area (Å²) in [5.41, 5.74) is -0.157. The molecular formula is C14H13F3O2. The van der Waals surface area contributed by atoms with Crippen LogP contribution in [0.15, 0.2) is 24.3 Å². The third-order valence-corrected chi connectivity index (χ3v) is 2.93. The molecule has 19 heavy (non-hydrogen) atoms. The van der Waals surface area contributed by atoms with Gasteiger partial charge in [-0.15, -0.1) is 0 Å². The molecule has 0 amide bonds. The Morgan fingerprint density at radius 3 is 2.58 bits per heavy atom. The normalized spacial score (nSPS) is 19.7. The van der Waals surface area contributed by atoms with E-state index in [1.165, 1.54) is 12.1 Å². The molecular weight excluding hydrogens is 257 g/mol. The van der Waals surface area contributed by atoms with E-state index < -0.39 is 17.3 Å². The number of rotatable bonds is 1. The second-order valence-corrected chi connectivity index (χ2v) is 5.08. The van der Waals surface area contributed by atoms with Crippen LogP contribution in [0.3, 0.4) is 0 Å². The van der Waals surface area contributed by atoms with Gasteiger partial charge in [-0.1, -0.05) is 6.07 Å². The second-order valence-electron chi connectivity index (χ2n) is 5.08. The average molecular weight is 270 g/mol. The maximum absolute atomic E-state index is 12.7. The average Bonchev–Trinajstić information content (AvgIpc) is 2.25. The van der Waals surface area contributed by atoms with Crippen LogP contribution in [0.4, 0.5) is 13.2 Å². The summed E-state index contributed by atoms with van der Waals surface area (Å²) in [7, 11) is 0. The Bertz CT molecular complexity index is 542. The van der Waals surface area contributed by atoms with Crippen LogP contribution in [0, 0.1) is 0 Å². The largest absolute Gasteiger partial charge is 0.487 e. The number of alkyl halides is 3. The highest BCUT2D eigenvalue weighted by molar-refractivity contribution is 5.84. The van der Waals surface area contributed by atoms with E-state index in [0.29, 0.717) is 23.8 Å². The highest BCUT2D eigenvalue weighted by Crippen LogP contribution is 2.42. The van der Waals surface area contributed by atoms with E-state index in [0.717, 1.165) is 12.1 Å². The molecule has 1 aliphatic rings. The SMILES string of the molecule is CC1(C)C/C(=C\C=O)c2ccc(C(F)(F)F)cc2O1. The van der Waals surface area contributed by atoms with E-state index in [4.69, 9.17) is 4.74 Å². The third kappa shape index (κ3) is 2.80. The Hall–Kier alpha value is -1.78. The van der Waals surface area contributed by atoms with Gasteiger partial charge in [0.2, 0.25) is 0 Å². The van der Waals surface area contributed by atoms with Crippen molar-refractivity contribution in [2.45, 2.75) is 32.0 Å². The predicted octanol–water partition coefficient (Wildman–Crippen LogP) is 3.85. The quantitative estimate of drug-likeness (QED) is 0.572. The number of fused-ring (bicyclic) bond motifs is 1. The molecule has 0 unspecified atom stereocenters. The van der Waals surface area contributed by atoms with Gasteiger partial charge < -0.3 is 4.74 Å². The number of hydrogen-bond donors (Lipinski definition) is 0. The smallest absolute Gasteiger partial charge is 0.416 e. The molecule has 2 rings (SSSR count). The summed E-state index contributed by atoms with van der Waals surface area (Å²) in [5.74, 6) is 0.166. The van der Waals surface area contributed by atoms with E-state index in [1.54, 1.807) is 13.8 Å². The number of hydrogen-bond acceptors (Lipinski definition) is 2. The summed E-state index contributed by atoms with van der Waals surface area (Å²) in [5, 5.41) is 0. The van der Waals surface area contributed by atoms with Crippen molar-refractivity contribution < 1.29 is 22.7 Å². The maximum atomic E-state index is 12.7. The molecule has 0 saturated heterocycles. The molecule has 1 heterocycles. The number of halogens is 3. The number of aldehydes is 1. The van der Waals surface area contributed by atoms with Crippen LogP contribution >= 0.6 is 0 Å². The zero-order valence-corrected chi connectivity index (χ0v) is 10.5. The highest BCUT2D eigenvalue weighted by Gasteiger charge is 2.35. The molecule has 1 aromatic rings. The summed E-state index contributed by atoms with van der Waals surface area (Å²) in [4.78, 5) is 10.6. The lowest BCUT2D eigenvalue weighted by Gasteiger charge is -2.34. The molecule has 0 radical (unpaired) electrons. The molecule has 1 aromatic carbocycles. The van der Waals surface area contributed by atoms with Crippen LogP contribution in [0.5, 0.6) is 5.75 Å². The Morgan fingerprint density at radius 2 is 2.00 bits per heavy atom. The molecule has 0 N–H and O–H groups in total. The topological polar surface area (TPSA) is 26.3 Å². The minimum atomic E-state index is -4.41. The molecule has 0 fully saturated rings. The van der Waals surface area contributed by atoms with Crippen molar-refractivity contribution >= 4 is 11.9 Å². The number of allylic oxidation sites excluding steroid dienone is 1. The minimum Gasteiger partial charge on any atom is -0.487 e. The zero-order valence-electron chi connectivity index (χ0n) is 10.5. The Labute approximate surface area is 108 Å². The van der Waals surface area contributed by atoms with Gasteiger partial charge in [0.05, 0.1) is 5.56 Å².